The van der Waals surface area contributed by atoms with Crippen molar-refractivity contribution in [1.82, 2.24) is 14.7 Å². The van der Waals surface area contributed by atoms with Crippen molar-refractivity contribution < 1.29 is 19.1 Å². The molecule has 1 aromatic carbocycles. The highest BCUT2D eigenvalue weighted by molar-refractivity contribution is 5.99. The fraction of sp³-hybridized carbons (Fsp3) is 0.368. The summed E-state index contributed by atoms with van der Waals surface area (Å²) in [5.74, 6) is -0.815. The molecular weight excluding hydrogens is 348 g/mol. The van der Waals surface area contributed by atoms with Crippen molar-refractivity contribution in [1.29, 1.82) is 0 Å². The van der Waals surface area contributed by atoms with E-state index in [0.29, 0.717) is 11.3 Å². The number of esters is 1. The molecule has 0 atom stereocenters. The van der Waals surface area contributed by atoms with Crippen LogP contribution in [-0.2, 0) is 16.1 Å². The summed E-state index contributed by atoms with van der Waals surface area (Å²) >= 11 is 0. The number of methoxy groups -OCH3 is 1. The van der Waals surface area contributed by atoms with Crippen molar-refractivity contribution in [2.24, 2.45) is 0 Å². The number of amides is 2. The Morgan fingerprint density at radius 1 is 1.22 bits per heavy atom. The Morgan fingerprint density at radius 3 is 2.67 bits per heavy atom. The summed E-state index contributed by atoms with van der Waals surface area (Å²) in [7, 11) is 1.28. The molecule has 2 heterocycles. The second-order valence-corrected chi connectivity index (χ2v) is 6.44. The van der Waals surface area contributed by atoms with Crippen molar-refractivity contribution in [3.8, 4) is 0 Å². The SMILES string of the molecule is COC(=O)c1cnn(CC(=O)Nc2cccc(C(=O)N3CCCC3)c2C)c1. The van der Waals surface area contributed by atoms with Crippen LogP contribution in [0.2, 0.25) is 0 Å². The molecule has 1 N–H and O–H groups in total. The predicted octanol–water partition coefficient (Wildman–Crippen LogP) is 1.85. The minimum atomic E-state index is -0.509. The van der Waals surface area contributed by atoms with Crippen LogP contribution >= 0.6 is 0 Å². The lowest BCUT2D eigenvalue weighted by Gasteiger charge is -2.18. The van der Waals surface area contributed by atoms with Gasteiger partial charge >= 0.3 is 5.97 Å². The number of hydrogen-bond donors (Lipinski definition) is 1. The first kappa shape index (κ1) is 18.6. The molecule has 1 aliphatic rings. The number of ether oxygens (including phenoxy) is 1. The number of benzene rings is 1. The largest absolute Gasteiger partial charge is 0.465 e. The Morgan fingerprint density at radius 2 is 1.96 bits per heavy atom. The van der Waals surface area contributed by atoms with Gasteiger partial charge in [0.2, 0.25) is 5.91 Å². The fourth-order valence-corrected chi connectivity index (χ4v) is 3.10. The first-order chi connectivity index (χ1) is 13.0. The van der Waals surface area contributed by atoms with E-state index in [-0.39, 0.29) is 23.9 Å². The first-order valence-corrected chi connectivity index (χ1v) is 8.79. The maximum Gasteiger partial charge on any atom is 0.341 e. The third kappa shape index (κ3) is 4.16. The van der Waals surface area contributed by atoms with Gasteiger partial charge in [-0.3, -0.25) is 14.3 Å². The Bertz CT molecular complexity index is 868. The van der Waals surface area contributed by atoms with Crippen molar-refractivity contribution in [3.05, 3.63) is 47.3 Å². The third-order valence-corrected chi connectivity index (χ3v) is 4.59. The molecule has 0 spiro atoms. The normalized spacial score (nSPS) is 13.5. The molecule has 8 nitrogen and oxygen atoms in total. The Balaban J connectivity index is 1.69. The number of nitrogens with zero attached hydrogens (tertiary/aromatic N) is 3. The molecule has 1 saturated heterocycles. The quantitative estimate of drug-likeness (QED) is 0.811. The number of aromatic nitrogens is 2. The van der Waals surface area contributed by atoms with Crippen LogP contribution in [0.5, 0.6) is 0 Å². The van der Waals surface area contributed by atoms with Gasteiger partial charge in [0.25, 0.3) is 5.91 Å². The van der Waals surface area contributed by atoms with Gasteiger partial charge in [0.15, 0.2) is 0 Å². The highest BCUT2D eigenvalue weighted by atomic mass is 16.5. The van der Waals surface area contributed by atoms with E-state index >= 15 is 0 Å². The maximum absolute atomic E-state index is 12.6. The number of carbonyl (C=O) groups excluding carboxylic acids is 3. The highest BCUT2D eigenvalue weighted by Crippen LogP contribution is 2.22. The Kier molecular flexibility index (Phi) is 5.54. The number of nitrogens with one attached hydrogen (secondary N) is 1. The van der Waals surface area contributed by atoms with Crippen molar-refractivity contribution in [2.45, 2.75) is 26.3 Å². The molecule has 0 aliphatic carbocycles. The second-order valence-electron chi connectivity index (χ2n) is 6.44. The van der Waals surface area contributed by atoms with Crippen LogP contribution in [0.25, 0.3) is 0 Å². The molecular formula is C19H22N4O4. The van der Waals surface area contributed by atoms with Crippen molar-refractivity contribution >= 4 is 23.5 Å². The molecule has 3 rings (SSSR count). The standard InChI is InChI=1S/C19H22N4O4/c1-13-15(18(25)22-8-3-4-9-22)6-5-7-16(13)21-17(24)12-23-11-14(10-20-23)19(26)27-2/h5-7,10-11H,3-4,8-9,12H2,1-2H3,(H,21,24). The molecule has 0 bridgehead atoms. The second kappa shape index (κ2) is 8.03. The minimum absolute atomic E-state index is 0.00380. The van der Waals surface area contributed by atoms with Crippen LogP contribution in [0.15, 0.2) is 30.6 Å². The zero-order valence-electron chi connectivity index (χ0n) is 15.4. The van der Waals surface area contributed by atoms with Crippen molar-refractivity contribution in [2.75, 3.05) is 25.5 Å². The molecule has 1 aromatic heterocycles. The van der Waals surface area contributed by atoms with E-state index in [1.807, 2.05) is 11.8 Å². The van der Waals surface area contributed by atoms with Crippen LogP contribution in [-0.4, -0.2) is 52.7 Å². The van der Waals surface area contributed by atoms with E-state index in [0.717, 1.165) is 31.5 Å². The van der Waals surface area contributed by atoms with Crippen LogP contribution in [0.1, 0.15) is 39.1 Å². The van der Waals surface area contributed by atoms with Gasteiger partial charge in [0, 0.05) is 30.5 Å². The van der Waals surface area contributed by atoms with Gasteiger partial charge in [0.1, 0.15) is 6.54 Å². The lowest BCUT2D eigenvalue weighted by atomic mass is 10.1. The summed E-state index contributed by atoms with van der Waals surface area (Å²) in [5, 5.41) is 6.79. The van der Waals surface area contributed by atoms with Gasteiger partial charge in [-0.05, 0) is 37.5 Å². The average molecular weight is 370 g/mol. The molecule has 142 valence electrons. The van der Waals surface area contributed by atoms with Gasteiger partial charge in [-0.15, -0.1) is 0 Å². The number of likely N-dealkylation sites (tertiary alicyclic amines) is 1. The number of hydrogen-bond acceptors (Lipinski definition) is 5. The van der Waals surface area contributed by atoms with Crippen LogP contribution in [0, 0.1) is 6.92 Å². The van der Waals surface area contributed by atoms with E-state index in [2.05, 4.69) is 15.2 Å². The third-order valence-electron chi connectivity index (χ3n) is 4.59. The molecule has 0 saturated carbocycles. The van der Waals surface area contributed by atoms with Gasteiger partial charge < -0.3 is 15.0 Å². The lowest BCUT2D eigenvalue weighted by Crippen LogP contribution is -2.28. The summed E-state index contributed by atoms with van der Waals surface area (Å²) in [6.45, 7) is 3.32. The molecule has 1 aliphatic heterocycles. The highest BCUT2D eigenvalue weighted by Gasteiger charge is 2.22. The predicted molar refractivity (Wildman–Crippen MR) is 98.5 cm³/mol. The van der Waals surface area contributed by atoms with E-state index in [1.165, 1.54) is 24.2 Å². The van der Waals surface area contributed by atoms with Gasteiger partial charge in [-0.25, -0.2) is 4.79 Å². The van der Waals surface area contributed by atoms with Gasteiger partial charge in [-0.2, -0.15) is 5.10 Å². The maximum atomic E-state index is 12.6. The van der Waals surface area contributed by atoms with E-state index in [9.17, 15) is 14.4 Å². The Hall–Kier alpha value is -3.16. The van der Waals surface area contributed by atoms with Gasteiger partial charge in [0.05, 0.1) is 18.9 Å². The smallest absolute Gasteiger partial charge is 0.341 e. The molecule has 1 fully saturated rings. The lowest BCUT2D eigenvalue weighted by molar-refractivity contribution is -0.116. The number of rotatable bonds is 5. The van der Waals surface area contributed by atoms with Crippen molar-refractivity contribution in [3.63, 3.8) is 0 Å². The minimum Gasteiger partial charge on any atom is -0.465 e. The van der Waals surface area contributed by atoms with E-state index < -0.39 is 5.97 Å². The van der Waals surface area contributed by atoms with Crippen LogP contribution in [0.3, 0.4) is 0 Å². The monoisotopic (exact) mass is 370 g/mol. The zero-order chi connectivity index (χ0) is 19.4. The molecule has 27 heavy (non-hydrogen) atoms. The average Bonchev–Trinajstić information content (AvgIpc) is 3.34. The van der Waals surface area contributed by atoms with Crippen LogP contribution in [0.4, 0.5) is 5.69 Å². The van der Waals surface area contributed by atoms with Gasteiger partial charge in [-0.1, -0.05) is 6.07 Å². The molecule has 2 amide bonds. The molecule has 2 aromatic rings. The van der Waals surface area contributed by atoms with E-state index in [1.54, 1.807) is 18.2 Å². The first-order valence-electron chi connectivity index (χ1n) is 8.79. The van der Waals surface area contributed by atoms with E-state index in [4.69, 9.17) is 0 Å². The summed E-state index contributed by atoms with van der Waals surface area (Å²) in [6, 6.07) is 5.30. The molecule has 0 unspecified atom stereocenters. The molecule has 8 heteroatoms. The topological polar surface area (TPSA) is 93.5 Å². The summed E-state index contributed by atoms with van der Waals surface area (Å²) < 4.78 is 5.97. The van der Waals surface area contributed by atoms with Crippen LogP contribution < -0.4 is 5.32 Å². The summed E-state index contributed by atoms with van der Waals surface area (Å²) in [5.41, 5.74) is 2.20. The number of anilines is 1. The number of carbonyl (C=O) groups is 3. The summed E-state index contributed by atoms with van der Waals surface area (Å²) in [6.07, 6.45) is 4.85. The summed E-state index contributed by atoms with van der Waals surface area (Å²) in [4.78, 5) is 38.3. The zero-order valence-corrected chi connectivity index (χ0v) is 15.4. The Labute approximate surface area is 157 Å². The fourth-order valence-electron chi connectivity index (χ4n) is 3.10. The molecule has 0 radical (unpaired) electrons.